The molecule has 4 rings (SSSR count). The van der Waals surface area contributed by atoms with Crippen LogP contribution in [0.15, 0.2) is 17.8 Å². The van der Waals surface area contributed by atoms with Crippen LogP contribution >= 0.6 is 22.7 Å². The Bertz CT molecular complexity index is 1000. The lowest BCUT2D eigenvalue weighted by atomic mass is 10.0. The van der Waals surface area contributed by atoms with Gasteiger partial charge in [0.1, 0.15) is 10.0 Å². The summed E-state index contributed by atoms with van der Waals surface area (Å²) in [5.41, 5.74) is 4.34. The molecule has 0 bridgehead atoms. The number of carbonyl (C=O) groups excluding carboxylic acids is 1. The van der Waals surface area contributed by atoms with E-state index in [2.05, 4.69) is 40.3 Å². The predicted octanol–water partition coefficient (Wildman–Crippen LogP) is 3.24. The van der Waals surface area contributed by atoms with Gasteiger partial charge in [-0.3, -0.25) is 9.48 Å². The largest absolute Gasteiger partial charge is 0.317 e. The van der Waals surface area contributed by atoms with Crippen LogP contribution < -0.4 is 16.0 Å². The Morgan fingerprint density at radius 2 is 2.28 bits per heavy atom. The minimum atomic E-state index is 0.0370. The summed E-state index contributed by atoms with van der Waals surface area (Å²) in [5.74, 6) is 0.0370. The molecular formula is C20H26N6OS2. The maximum atomic E-state index is 12.5. The van der Waals surface area contributed by atoms with Crippen LogP contribution in [0, 0.1) is 0 Å². The summed E-state index contributed by atoms with van der Waals surface area (Å²) in [6.45, 7) is 6.63. The molecule has 3 aromatic heterocycles. The average Bonchev–Trinajstić information content (AvgIpc) is 3.38. The van der Waals surface area contributed by atoms with Crippen LogP contribution in [0.3, 0.4) is 0 Å². The Balaban J connectivity index is 1.61. The zero-order chi connectivity index (χ0) is 20.4. The molecule has 0 fully saturated rings. The van der Waals surface area contributed by atoms with Crippen LogP contribution in [-0.4, -0.2) is 39.8 Å². The normalized spacial score (nSPS) is 13.7. The fourth-order valence-corrected chi connectivity index (χ4v) is 5.59. The summed E-state index contributed by atoms with van der Waals surface area (Å²) in [7, 11) is 1.90. The lowest BCUT2D eigenvalue weighted by molar-refractivity contribution is -0.116. The van der Waals surface area contributed by atoms with Crippen LogP contribution in [0.1, 0.15) is 30.7 Å². The second-order valence-electron chi connectivity index (χ2n) is 7.48. The summed E-state index contributed by atoms with van der Waals surface area (Å²) in [4.78, 5) is 18.7. The maximum Gasteiger partial charge on any atom is 0.226 e. The first-order valence-corrected chi connectivity index (χ1v) is 11.5. The Morgan fingerprint density at radius 1 is 1.41 bits per heavy atom. The van der Waals surface area contributed by atoms with E-state index in [1.54, 1.807) is 27.4 Å². The maximum absolute atomic E-state index is 12.5. The van der Waals surface area contributed by atoms with Gasteiger partial charge >= 0.3 is 0 Å². The number of anilines is 1. The Morgan fingerprint density at radius 3 is 3.03 bits per heavy atom. The predicted molar refractivity (Wildman–Crippen MR) is 119 cm³/mol. The Kier molecular flexibility index (Phi) is 6.09. The molecule has 1 aliphatic rings. The first-order chi connectivity index (χ1) is 14.0. The molecule has 0 aromatic carbocycles. The molecule has 0 unspecified atom stereocenters. The van der Waals surface area contributed by atoms with Crippen molar-refractivity contribution in [3.63, 3.8) is 0 Å². The number of fused-ring (bicyclic) bond motifs is 1. The molecule has 0 saturated heterocycles. The van der Waals surface area contributed by atoms with Crippen molar-refractivity contribution >= 4 is 33.6 Å². The van der Waals surface area contributed by atoms with E-state index in [9.17, 15) is 4.79 Å². The van der Waals surface area contributed by atoms with Crippen molar-refractivity contribution in [3.8, 4) is 21.8 Å². The molecule has 9 heteroatoms. The molecule has 0 spiro atoms. The van der Waals surface area contributed by atoms with E-state index >= 15 is 0 Å². The molecule has 154 valence electrons. The van der Waals surface area contributed by atoms with E-state index in [-0.39, 0.29) is 5.91 Å². The molecule has 1 amide bonds. The summed E-state index contributed by atoms with van der Waals surface area (Å²) >= 11 is 3.29. The van der Waals surface area contributed by atoms with Crippen molar-refractivity contribution in [3.05, 3.63) is 28.2 Å². The van der Waals surface area contributed by atoms with Gasteiger partial charge in [0.15, 0.2) is 0 Å². The second kappa shape index (κ2) is 8.74. The second-order valence-corrected chi connectivity index (χ2v) is 9.45. The van der Waals surface area contributed by atoms with Gasteiger partial charge in [-0.15, -0.1) is 22.7 Å². The number of nitrogens with one attached hydrogen (secondary N) is 3. The SMILES string of the molecule is CC(C)NCCC(=O)Nc1sc2c(c1-c1nc(-c3cnn(C)c3)cs1)CCNC2. The topological polar surface area (TPSA) is 83.9 Å². The monoisotopic (exact) mass is 430 g/mol. The Hall–Kier alpha value is -2.07. The molecule has 1 aliphatic heterocycles. The Labute approximate surface area is 178 Å². The van der Waals surface area contributed by atoms with Gasteiger partial charge in [0, 0.05) is 60.2 Å². The molecule has 3 N–H and O–H groups in total. The summed E-state index contributed by atoms with van der Waals surface area (Å²) in [5, 5.41) is 18.1. The number of hydrogen-bond donors (Lipinski definition) is 3. The average molecular weight is 431 g/mol. The van der Waals surface area contributed by atoms with Gasteiger partial charge in [-0.2, -0.15) is 5.10 Å². The lowest BCUT2D eigenvalue weighted by Gasteiger charge is -2.13. The number of nitrogens with zero attached hydrogens (tertiary/aromatic N) is 3. The van der Waals surface area contributed by atoms with Crippen LogP contribution in [0.25, 0.3) is 21.8 Å². The van der Waals surface area contributed by atoms with Gasteiger partial charge < -0.3 is 16.0 Å². The third-order valence-electron chi connectivity index (χ3n) is 4.80. The molecule has 0 saturated carbocycles. The lowest BCUT2D eigenvalue weighted by Crippen LogP contribution is -2.27. The third kappa shape index (κ3) is 4.58. The molecule has 29 heavy (non-hydrogen) atoms. The van der Waals surface area contributed by atoms with E-state index in [1.165, 1.54) is 10.4 Å². The molecule has 4 heterocycles. The number of aromatic nitrogens is 3. The zero-order valence-corrected chi connectivity index (χ0v) is 18.5. The zero-order valence-electron chi connectivity index (χ0n) is 16.9. The van der Waals surface area contributed by atoms with Crippen molar-refractivity contribution in [2.75, 3.05) is 18.4 Å². The summed E-state index contributed by atoms with van der Waals surface area (Å²) in [6.07, 6.45) is 5.21. The van der Waals surface area contributed by atoms with Crippen LogP contribution in [-0.2, 0) is 24.8 Å². The number of thiazole rings is 1. The van der Waals surface area contributed by atoms with Crippen molar-refractivity contribution in [1.82, 2.24) is 25.4 Å². The number of carbonyl (C=O) groups is 1. The highest BCUT2D eigenvalue weighted by molar-refractivity contribution is 7.18. The standard InChI is InChI=1S/C20H26N6OS2/c1-12(2)22-7-5-17(27)25-20-18(14-4-6-21-9-16(14)29-20)19-24-15(11-28-19)13-8-23-26(3)10-13/h8,10-12,21-22H,4-7,9H2,1-3H3,(H,25,27). The van der Waals surface area contributed by atoms with Crippen molar-refractivity contribution in [2.45, 2.75) is 39.3 Å². The van der Waals surface area contributed by atoms with Crippen molar-refractivity contribution in [1.29, 1.82) is 0 Å². The van der Waals surface area contributed by atoms with E-state index in [4.69, 9.17) is 4.98 Å². The van der Waals surface area contributed by atoms with E-state index in [0.717, 1.165) is 46.3 Å². The molecule has 0 radical (unpaired) electrons. The number of thiophene rings is 1. The summed E-state index contributed by atoms with van der Waals surface area (Å²) in [6, 6.07) is 0.375. The van der Waals surface area contributed by atoms with Gasteiger partial charge in [-0.05, 0) is 18.5 Å². The highest BCUT2D eigenvalue weighted by atomic mass is 32.1. The number of amides is 1. The summed E-state index contributed by atoms with van der Waals surface area (Å²) < 4.78 is 1.78. The van der Waals surface area contributed by atoms with Gasteiger partial charge in [-0.1, -0.05) is 13.8 Å². The van der Waals surface area contributed by atoms with Gasteiger partial charge in [0.2, 0.25) is 5.91 Å². The molecule has 7 nitrogen and oxygen atoms in total. The molecular weight excluding hydrogens is 404 g/mol. The molecule has 0 atom stereocenters. The first-order valence-electron chi connectivity index (χ1n) is 9.84. The van der Waals surface area contributed by atoms with Crippen molar-refractivity contribution in [2.24, 2.45) is 7.05 Å². The number of rotatable bonds is 7. The molecule has 3 aromatic rings. The van der Waals surface area contributed by atoms with E-state index < -0.39 is 0 Å². The van der Waals surface area contributed by atoms with Gasteiger partial charge in [0.05, 0.1) is 11.9 Å². The quantitative estimate of drug-likeness (QED) is 0.536. The van der Waals surface area contributed by atoms with Gasteiger partial charge in [-0.25, -0.2) is 4.98 Å². The highest BCUT2D eigenvalue weighted by Crippen LogP contribution is 2.44. The number of aryl methyl sites for hydroxylation is 1. The van der Waals surface area contributed by atoms with Crippen molar-refractivity contribution < 1.29 is 4.79 Å². The minimum Gasteiger partial charge on any atom is -0.317 e. The van der Waals surface area contributed by atoms with E-state index in [0.29, 0.717) is 19.0 Å². The first kappa shape index (κ1) is 20.2. The van der Waals surface area contributed by atoms with Crippen LogP contribution in [0.4, 0.5) is 5.00 Å². The van der Waals surface area contributed by atoms with Crippen LogP contribution in [0.2, 0.25) is 0 Å². The van der Waals surface area contributed by atoms with Crippen LogP contribution in [0.5, 0.6) is 0 Å². The number of hydrogen-bond acceptors (Lipinski definition) is 7. The fourth-order valence-electron chi connectivity index (χ4n) is 3.39. The minimum absolute atomic E-state index is 0.0370. The van der Waals surface area contributed by atoms with E-state index in [1.807, 2.05) is 19.4 Å². The smallest absolute Gasteiger partial charge is 0.226 e. The molecule has 0 aliphatic carbocycles. The fraction of sp³-hybridized carbons (Fsp3) is 0.450. The third-order valence-corrected chi connectivity index (χ3v) is 6.81. The van der Waals surface area contributed by atoms with Gasteiger partial charge in [0.25, 0.3) is 0 Å². The highest BCUT2D eigenvalue weighted by Gasteiger charge is 2.25.